The SMILES string of the molecule is COC(=O)CCC(NC(=O)Nc1ccc(CN=O)cc1)C(=O)OC. The van der Waals surface area contributed by atoms with Crippen LogP contribution >= 0.6 is 0 Å². The molecule has 0 spiro atoms. The topological polar surface area (TPSA) is 123 Å². The van der Waals surface area contributed by atoms with Gasteiger partial charge in [-0.25, -0.2) is 9.59 Å². The molecule has 0 aliphatic carbocycles. The number of ether oxygens (including phenoxy) is 2. The lowest BCUT2D eigenvalue weighted by Crippen LogP contribution is -2.43. The van der Waals surface area contributed by atoms with E-state index in [0.29, 0.717) is 11.3 Å². The second-order valence-electron chi connectivity index (χ2n) is 4.77. The van der Waals surface area contributed by atoms with Gasteiger partial charge in [0, 0.05) is 12.1 Å². The number of amides is 2. The summed E-state index contributed by atoms with van der Waals surface area (Å²) in [4.78, 5) is 44.9. The first kappa shape index (κ1) is 19.1. The molecule has 1 rings (SSSR count). The predicted molar refractivity (Wildman–Crippen MR) is 85.1 cm³/mol. The van der Waals surface area contributed by atoms with Gasteiger partial charge < -0.3 is 20.1 Å². The van der Waals surface area contributed by atoms with Crippen molar-refractivity contribution < 1.29 is 23.9 Å². The molecule has 0 heterocycles. The van der Waals surface area contributed by atoms with Crippen LogP contribution in [0.25, 0.3) is 0 Å². The number of nitrogens with zero attached hydrogens (tertiary/aromatic N) is 1. The van der Waals surface area contributed by atoms with Crippen molar-refractivity contribution in [1.82, 2.24) is 5.32 Å². The largest absolute Gasteiger partial charge is 0.469 e. The molecule has 1 atom stereocenters. The van der Waals surface area contributed by atoms with Gasteiger partial charge in [0.25, 0.3) is 0 Å². The van der Waals surface area contributed by atoms with Crippen molar-refractivity contribution >= 4 is 23.7 Å². The Bertz CT molecular complexity index is 587. The molecule has 0 bridgehead atoms. The lowest BCUT2D eigenvalue weighted by molar-refractivity contribution is -0.144. The fraction of sp³-hybridized carbons (Fsp3) is 0.400. The van der Waals surface area contributed by atoms with Crippen LogP contribution in [0.5, 0.6) is 0 Å². The fourth-order valence-corrected chi connectivity index (χ4v) is 1.85. The van der Waals surface area contributed by atoms with Gasteiger partial charge in [-0.1, -0.05) is 17.3 Å². The molecule has 0 aromatic heterocycles. The Kier molecular flexibility index (Phi) is 7.89. The first-order valence-corrected chi connectivity index (χ1v) is 7.10. The van der Waals surface area contributed by atoms with Crippen LogP contribution in [0, 0.1) is 4.91 Å². The molecule has 0 fully saturated rings. The van der Waals surface area contributed by atoms with Crippen LogP contribution in [0.1, 0.15) is 18.4 Å². The molecule has 24 heavy (non-hydrogen) atoms. The van der Waals surface area contributed by atoms with Crippen molar-refractivity contribution in [2.45, 2.75) is 25.4 Å². The third kappa shape index (κ3) is 6.42. The summed E-state index contributed by atoms with van der Waals surface area (Å²) in [6.07, 6.45) is 0.0145. The molecule has 130 valence electrons. The van der Waals surface area contributed by atoms with Crippen LogP contribution in [0.4, 0.5) is 10.5 Å². The highest BCUT2D eigenvalue weighted by atomic mass is 16.5. The Morgan fingerprint density at radius 3 is 2.33 bits per heavy atom. The number of urea groups is 1. The van der Waals surface area contributed by atoms with E-state index in [4.69, 9.17) is 0 Å². The van der Waals surface area contributed by atoms with E-state index < -0.39 is 24.0 Å². The van der Waals surface area contributed by atoms with Crippen molar-refractivity contribution in [1.29, 1.82) is 0 Å². The molecule has 0 aliphatic rings. The number of methoxy groups -OCH3 is 2. The zero-order chi connectivity index (χ0) is 17.9. The maximum absolute atomic E-state index is 12.0. The van der Waals surface area contributed by atoms with Crippen LogP contribution in [-0.2, 0) is 25.6 Å². The van der Waals surface area contributed by atoms with Crippen molar-refractivity contribution in [2.24, 2.45) is 5.18 Å². The number of carbonyl (C=O) groups excluding carboxylic acids is 3. The molecule has 2 amide bonds. The highest BCUT2D eigenvalue weighted by Gasteiger charge is 2.22. The maximum Gasteiger partial charge on any atom is 0.328 e. The van der Waals surface area contributed by atoms with Gasteiger partial charge in [-0.15, -0.1) is 0 Å². The zero-order valence-electron chi connectivity index (χ0n) is 13.4. The van der Waals surface area contributed by atoms with Crippen molar-refractivity contribution in [2.75, 3.05) is 19.5 Å². The summed E-state index contributed by atoms with van der Waals surface area (Å²) in [7, 11) is 2.42. The number of benzene rings is 1. The molecule has 1 aromatic carbocycles. The normalized spacial score (nSPS) is 11.1. The van der Waals surface area contributed by atoms with Crippen LogP contribution in [0.15, 0.2) is 29.4 Å². The van der Waals surface area contributed by atoms with Crippen molar-refractivity contribution in [3.8, 4) is 0 Å². The number of hydrogen-bond acceptors (Lipinski definition) is 7. The Morgan fingerprint density at radius 1 is 1.12 bits per heavy atom. The molecule has 0 saturated heterocycles. The van der Waals surface area contributed by atoms with E-state index in [1.807, 2.05) is 0 Å². The van der Waals surface area contributed by atoms with Crippen LogP contribution in [0.2, 0.25) is 0 Å². The van der Waals surface area contributed by atoms with Crippen molar-refractivity contribution in [3.05, 3.63) is 34.7 Å². The number of carbonyl (C=O) groups is 3. The molecule has 0 aliphatic heterocycles. The van der Waals surface area contributed by atoms with Gasteiger partial charge in [-0.3, -0.25) is 4.79 Å². The average Bonchev–Trinajstić information content (AvgIpc) is 2.59. The molecule has 0 saturated carbocycles. The second-order valence-corrected chi connectivity index (χ2v) is 4.77. The minimum atomic E-state index is -0.979. The summed E-state index contributed by atoms with van der Waals surface area (Å²) in [6.45, 7) is 0.0461. The van der Waals surface area contributed by atoms with E-state index >= 15 is 0 Å². The molecule has 9 nitrogen and oxygen atoms in total. The molecular weight excluding hydrogens is 318 g/mol. The Morgan fingerprint density at radius 2 is 1.79 bits per heavy atom. The molecule has 2 N–H and O–H groups in total. The number of esters is 2. The maximum atomic E-state index is 12.0. The number of nitroso groups, excluding NO2 is 1. The number of hydrogen-bond donors (Lipinski definition) is 2. The first-order valence-electron chi connectivity index (χ1n) is 7.10. The van der Waals surface area contributed by atoms with E-state index in [9.17, 15) is 19.3 Å². The third-order valence-corrected chi connectivity index (χ3v) is 3.11. The predicted octanol–water partition coefficient (Wildman–Crippen LogP) is 1.57. The molecular formula is C15H19N3O6. The number of nitrogens with one attached hydrogen (secondary N) is 2. The summed E-state index contributed by atoms with van der Waals surface area (Å²) in [5.74, 6) is -1.16. The quantitative estimate of drug-likeness (QED) is 0.548. The van der Waals surface area contributed by atoms with E-state index in [1.54, 1.807) is 24.3 Å². The number of anilines is 1. The average molecular weight is 337 g/mol. The summed E-state index contributed by atoms with van der Waals surface area (Å²) in [5, 5.41) is 7.74. The van der Waals surface area contributed by atoms with E-state index in [-0.39, 0.29) is 19.4 Å². The zero-order valence-corrected chi connectivity index (χ0v) is 13.4. The monoisotopic (exact) mass is 337 g/mol. The molecule has 1 unspecified atom stereocenters. The van der Waals surface area contributed by atoms with E-state index in [1.165, 1.54) is 14.2 Å². The van der Waals surface area contributed by atoms with Gasteiger partial charge in [0.05, 0.1) is 14.2 Å². The van der Waals surface area contributed by atoms with Gasteiger partial charge in [-0.2, -0.15) is 4.91 Å². The Hall–Kier alpha value is -2.97. The van der Waals surface area contributed by atoms with Gasteiger partial charge in [0.15, 0.2) is 0 Å². The highest BCUT2D eigenvalue weighted by molar-refractivity contribution is 5.92. The molecule has 0 radical (unpaired) electrons. The van der Waals surface area contributed by atoms with Gasteiger partial charge in [0.2, 0.25) is 0 Å². The molecule has 9 heteroatoms. The van der Waals surface area contributed by atoms with Crippen LogP contribution < -0.4 is 10.6 Å². The van der Waals surface area contributed by atoms with Gasteiger partial charge in [0.1, 0.15) is 12.6 Å². The van der Waals surface area contributed by atoms with Crippen LogP contribution in [0.3, 0.4) is 0 Å². The highest BCUT2D eigenvalue weighted by Crippen LogP contribution is 2.10. The van der Waals surface area contributed by atoms with E-state index in [0.717, 1.165) is 0 Å². The van der Waals surface area contributed by atoms with E-state index in [2.05, 4.69) is 25.3 Å². The Balaban J connectivity index is 2.61. The number of rotatable bonds is 8. The smallest absolute Gasteiger partial charge is 0.328 e. The first-order chi connectivity index (χ1) is 11.5. The minimum absolute atomic E-state index is 0.0378. The van der Waals surface area contributed by atoms with Crippen LogP contribution in [-0.4, -0.2) is 38.2 Å². The van der Waals surface area contributed by atoms with Crippen molar-refractivity contribution in [3.63, 3.8) is 0 Å². The summed E-state index contributed by atoms with van der Waals surface area (Å²) in [5.41, 5.74) is 1.18. The fourth-order valence-electron chi connectivity index (χ4n) is 1.85. The minimum Gasteiger partial charge on any atom is -0.469 e. The molecule has 1 aromatic rings. The lowest BCUT2D eigenvalue weighted by Gasteiger charge is -2.16. The second kappa shape index (κ2) is 9.93. The third-order valence-electron chi connectivity index (χ3n) is 3.11. The summed E-state index contributed by atoms with van der Waals surface area (Å²) in [6, 6.07) is 4.88. The standard InChI is InChI=1S/C15H19N3O6/c1-23-13(19)8-7-12(14(20)24-2)18-15(21)17-11-5-3-10(4-6-11)9-16-22/h3-6,12H,7-9H2,1-2H3,(H2,17,18,21). The summed E-state index contributed by atoms with van der Waals surface area (Å²) >= 11 is 0. The summed E-state index contributed by atoms with van der Waals surface area (Å²) < 4.78 is 9.09. The van der Waals surface area contributed by atoms with Gasteiger partial charge in [-0.05, 0) is 24.1 Å². The Labute approximate surface area is 138 Å². The van der Waals surface area contributed by atoms with Gasteiger partial charge >= 0.3 is 18.0 Å². The lowest BCUT2D eigenvalue weighted by atomic mass is 10.1.